The van der Waals surface area contributed by atoms with Gasteiger partial charge in [0.25, 0.3) is 5.91 Å². The summed E-state index contributed by atoms with van der Waals surface area (Å²) in [6.45, 7) is 1.19. The summed E-state index contributed by atoms with van der Waals surface area (Å²) in [5, 5.41) is 9.90. The van der Waals surface area contributed by atoms with E-state index in [1.54, 1.807) is 17.0 Å². The van der Waals surface area contributed by atoms with Gasteiger partial charge in [-0.05, 0) is 12.0 Å². The fraction of sp³-hybridized carbons (Fsp3) is 0.417. The fourth-order valence-electron chi connectivity index (χ4n) is 1.94. The number of hydrogen-bond donors (Lipinski definition) is 2. The number of hydrogen-bond acceptors (Lipinski definition) is 3. The van der Waals surface area contributed by atoms with E-state index in [0.717, 1.165) is 6.42 Å². The van der Waals surface area contributed by atoms with Crippen LogP contribution in [0.15, 0.2) is 30.3 Å². The summed E-state index contributed by atoms with van der Waals surface area (Å²) in [7, 11) is 0. The fourth-order valence-corrected chi connectivity index (χ4v) is 1.94. The molecule has 0 spiro atoms. The highest BCUT2D eigenvalue weighted by atomic mass is 16.3. The molecule has 0 aromatic heterocycles. The molecule has 2 rings (SSSR count). The van der Waals surface area contributed by atoms with Crippen LogP contribution in [0.1, 0.15) is 18.1 Å². The molecular formula is C12H16N2O2. The lowest BCUT2D eigenvalue weighted by molar-refractivity contribution is -0.139. The van der Waals surface area contributed by atoms with Crippen LogP contribution in [-0.2, 0) is 4.79 Å². The van der Waals surface area contributed by atoms with Crippen molar-refractivity contribution in [1.29, 1.82) is 0 Å². The van der Waals surface area contributed by atoms with E-state index in [4.69, 9.17) is 5.73 Å². The van der Waals surface area contributed by atoms with E-state index in [1.165, 1.54) is 0 Å². The summed E-state index contributed by atoms with van der Waals surface area (Å²) in [6, 6.07) is 9.01. The van der Waals surface area contributed by atoms with Gasteiger partial charge in [0.15, 0.2) is 6.10 Å². The third kappa shape index (κ3) is 2.23. The molecule has 0 aliphatic carbocycles. The molecule has 3 N–H and O–H groups in total. The van der Waals surface area contributed by atoms with Crippen molar-refractivity contribution in [3.05, 3.63) is 35.9 Å². The van der Waals surface area contributed by atoms with Gasteiger partial charge < -0.3 is 15.7 Å². The monoisotopic (exact) mass is 220 g/mol. The second-order valence-electron chi connectivity index (χ2n) is 4.15. The predicted molar refractivity (Wildman–Crippen MR) is 60.6 cm³/mol. The Hall–Kier alpha value is -1.39. The molecular weight excluding hydrogens is 204 g/mol. The van der Waals surface area contributed by atoms with Crippen LogP contribution in [0.25, 0.3) is 0 Å². The predicted octanol–water partition coefficient (Wildman–Crippen LogP) is 0.280. The summed E-state index contributed by atoms with van der Waals surface area (Å²) in [4.78, 5) is 13.5. The summed E-state index contributed by atoms with van der Waals surface area (Å²) in [5.74, 6) is -0.251. The van der Waals surface area contributed by atoms with Crippen molar-refractivity contribution in [3.8, 4) is 0 Å². The number of aliphatic hydroxyl groups is 1. The number of aliphatic hydroxyl groups excluding tert-OH is 1. The van der Waals surface area contributed by atoms with E-state index in [2.05, 4.69) is 0 Å². The van der Waals surface area contributed by atoms with E-state index in [-0.39, 0.29) is 11.9 Å². The lowest BCUT2D eigenvalue weighted by Gasteiger charge is -2.19. The zero-order valence-electron chi connectivity index (χ0n) is 9.04. The molecule has 4 nitrogen and oxygen atoms in total. The summed E-state index contributed by atoms with van der Waals surface area (Å²) < 4.78 is 0. The lowest BCUT2D eigenvalue weighted by Crippen LogP contribution is -2.35. The van der Waals surface area contributed by atoms with Gasteiger partial charge in [-0.1, -0.05) is 30.3 Å². The molecule has 86 valence electrons. The first kappa shape index (κ1) is 11.1. The normalized spacial score (nSPS) is 22.1. The second-order valence-corrected chi connectivity index (χ2v) is 4.15. The van der Waals surface area contributed by atoms with Gasteiger partial charge in [-0.3, -0.25) is 4.79 Å². The van der Waals surface area contributed by atoms with Crippen LogP contribution in [-0.4, -0.2) is 35.0 Å². The van der Waals surface area contributed by atoms with Crippen molar-refractivity contribution in [2.24, 2.45) is 5.73 Å². The Kier molecular flexibility index (Phi) is 3.22. The molecule has 2 atom stereocenters. The zero-order valence-corrected chi connectivity index (χ0v) is 9.04. The summed E-state index contributed by atoms with van der Waals surface area (Å²) in [6.07, 6.45) is -0.251. The van der Waals surface area contributed by atoms with E-state index < -0.39 is 6.10 Å². The number of carbonyl (C=O) groups excluding carboxylic acids is 1. The molecule has 0 saturated carbocycles. The number of amides is 1. The molecule has 1 heterocycles. The van der Waals surface area contributed by atoms with Crippen LogP contribution in [0.4, 0.5) is 0 Å². The number of nitrogens with two attached hydrogens (primary N) is 1. The smallest absolute Gasteiger partial charge is 0.256 e. The van der Waals surface area contributed by atoms with Crippen molar-refractivity contribution in [3.63, 3.8) is 0 Å². The number of likely N-dealkylation sites (tertiary alicyclic amines) is 1. The molecule has 0 radical (unpaired) electrons. The largest absolute Gasteiger partial charge is 0.378 e. The molecule has 1 saturated heterocycles. The van der Waals surface area contributed by atoms with Crippen LogP contribution in [0, 0.1) is 0 Å². The van der Waals surface area contributed by atoms with Gasteiger partial charge in [-0.15, -0.1) is 0 Å². The summed E-state index contributed by atoms with van der Waals surface area (Å²) in [5.41, 5.74) is 6.36. The Labute approximate surface area is 94.7 Å². The van der Waals surface area contributed by atoms with Gasteiger partial charge in [0, 0.05) is 19.1 Å². The van der Waals surface area contributed by atoms with Gasteiger partial charge in [-0.25, -0.2) is 0 Å². The van der Waals surface area contributed by atoms with Crippen molar-refractivity contribution >= 4 is 5.91 Å². The van der Waals surface area contributed by atoms with Crippen LogP contribution < -0.4 is 5.73 Å². The number of carbonyl (C=O) groups is 1. The molecule has 1 aromatic rings. The third-order valence-electron chi connectivity index (χ3n) is 2.89. The minimum absolute atomic E-state index is 0.0481. The first-order chi connectivity index (χ1) is 7.68. The highest BCUT2D eigenvalue weighted by Gasteiger charge is 2.28. The van der Waals surface area contributed by atoms with Gasteiger partial charge in [0.2, 0.25) is 0 Å². The van der Waals surface area contributed by atoms with Crippen LogP contribution in [0.5, 0.6) is 0 Å². The molecule has 16 heavy (non-hydrogen) atoms. The Morgan fingerprint density at radius 2 is 2.12 bits per heavy atom. The number of nitrogens with zero attached hydrogens (tertiary/aromatic N) is 1. The molecule has 4 heteroatoms. The van der Waals surface area contributed by atoms with Crippen molar-refractivity contribution in [1.82, 2.24) is 4.90 Å². The molecule has 1 aliphatic rings. The van der Waals surface area contributed by atoms with Crippen molar-refractivity contribution in [2.45, 2.75) is 18.6 Å². The highest BCUT2D eigenvalue weighted by molar-refractivity contribution is 5.82. The van der Waals surface area contributed by atoms with Crippen molar-refractivity contribution < 1.29 is 9.90 Å². The van der Waals surface area contributed by atoms with Gasteiger partial charge in [-0.2, -0.15) is 0 Å². The Morgan fingerprint density at radius 3 is 2.69 bits per heavy atom. The van der Waals surface area contributed by atoms with Crippen LogP contribution >= 0.6 is 0 Å². The molecule has 1 fully saturated rings. The van der Waals surface area contributed by atoms with Gasteiger partial charge >= 0.3 is 0 Å². The molecule has 1 amide bonds. The van der Waals surface area contributed by atoms with Gasteiger partial charge in [0.05, 0.1) is 0 Å². The van der Waals surface area contributed by atoms with Gasteiger partial charge in [0.1, 0.15) is 0 Å². The van der Waals surface area contributed by atoms with Crippen LogP contribution in [0.2, 0.25) is 0 Å². The SMILES string of the molecule is N[C@H]1CCN(C(=O)C(O)c2ccccc2)C1. The maximum atomic E-state index is 11.9. The highest BCUT2D eigenvalue weighted by Crippen LogP contribution is 2.18. The Bertz CT molecular complexity index is 367. The second kappa shape index (κ2) is 4.63. The standard InChI is InChI=1S/C12H16N2O2/c13-10-6-7-14(8-10)12(16)11(15)9-4-2-1-3-5-9/h1-5,10-11,15H,6-8,13H2/t10-,11?/m0/s1. The maximum absolute atomic E-state index is 11.9. The first-order valence-corrected chi connectivity index (χ1v) is 5.46. The minimum Gasteiger partial charge on any atom is -0.378 e. The molecule has 1 aliphatic heterocycles. The zero-order chi connectivity index (χ0) is 11.5. The molecule has 0 bridgehead atoms. The van der Waals surface area contributed by atoms with E-state index in [0.29, 0.717) is 18.7 Å². The average Bonchev–Trinajstić information content (AvgIpc) is 2.75. The van der Waals surface area contributed by atoms with E-state index in [1.807, 2.05) is 18.2 Å². The average molecular weight is 220 g/mol. The first-order valence-electron chi connectivity index (χ1n) is 5.46. The van der Waals surface area contributed by atoms with E-state index in [9.17, 15) is 9.90 Å². The molecule has 1 unspecified atom stereocenters. The minimum atomic E-state index is -1.06. The quantitative estimate of drug-likeness (QED) is 0.752. The molecule has 1 aromatic carbocycles. The Morgan fingerprint density at radius 1 is 1.44 bits per heavy atom. The maximum Gasteiger partial charge on any atom is 0.256 e. The number of rotatable bonds is 2. The number of benzene rings is 1. The van der Waals surface area contributed by atoms with Crippen molar-refractivity contribution in [2.75, 3.05) is 13.1 Å². The summed E-state index contributed by atoms with van der Waals surface area (Å²) >= 11 is 0. The Balaban J connectivity index is 2.05. The third-order valence-corrected chi connectivity index (χ3v) is 2.89. The lowest BCUT2D eigenvalue weighted by atomic mass is 10.1. The van der Waals surface area contributed by atoms with E-state index >= 15 is 0 Å². The van der Waals surface area contributed by atoms with Crippen LogP contribution in [0.3, 0.4) is 0 Å². The topological polar surface area (TPSA) is 66.6 Å².